The van der Waals surface area contributed by atoms with Gasteiger partial charge in [-0.2, -0.15) is 0 Å². The van der Waals surface area contributed by atoms with Gasteiger partial charge in [0.1, 0.15) is 0 Å². The van der Waals surface area contributed by atoms with Crippen molar-refractivity contribution in [1.82, 2.24) is 20.0 Å². The van der Waals surface area contributed by atoms with Gasteiger partial charge in [-0.15, -0.1) is 0 Å². The molecule has 3 fully saturated rings. The Balaban J connectivity index is 1.49. The van der Waals surface area contributed by atoms with Crippen molar-refractivity contribution >= 4 is 5.91 Å². The van der Waals surface area contributed by atoms with Crippen molar-refractivity contribution in [2.45, 2.75) is 31.7 Å². The maximum Gasteiger partial charge on any atom is 0.236 e. The number of carbonyl (C=O) groups is 1. The van der Waals surface area contributed by atoms with E-state index in [4.69, 9.17) is 0 Å². The van der Waals surface area contributed by atoms with Crippen LogP contribution in [0.25, 0.3) is 0 Å². The summed E-state index contributed by atoms with van der Waals surface area (Å²) in [5, 5.41) is 3.39. The molecule has 3 heterocycles. The second-order valence-corrected chi connectivity index (χ2v) is 6.41. The predicted octanol–water partition coefficient (Wildman–Crippen LogP) is -0.0216. The first kappa shape index (κ1) is 14.3. The molecule has 3 rings (SSSR count). The first-order chi connectivity index (χ1) is 9.83. The zero-order chi connectivity index (χ0) is 13.8. The molecule has 1 atom stereocenters. The minimum absolute atomic E-state index is 0.345. The molecule has 0 saturated carbocycles. The molecule has 0 bridgehead atoms. The summed E-state index contributed by atoms with van der Waals surface area (Å²) in [4.78, 5) is 19.5. The van der Waals surface area contributed by atoms with E-state index in [0.717, 1.165) is 52.2 Å². The second kappa shape index (κ2) is 6.87. The summed E-state index contributed by atoms with van der Waals surface area (Å²) in [5.74, 6) is 0.345. The Morgan fingerprint density at radius 2 is 1.95 bits per heavy atom. The molecule has 1 N–H and O–H groups in total. The molecule has 20 heavy (non-hydrogen) atoms. The van der Waals surface area contributed by atoms with E-state index >= 15 is 0 Å². The molecule has 0 radical (unpaired) electrons. The number of nitrogens with one attached hydrogen (secondary N) is 1. The summed E-state index contributed by atoms with van der Waals surface area (Å²) in [5.41, 5.74) is 0. The normalized spacial score (nSPS) is 29.8. The average molecular weight is 280 g/mol. The fourth-order valence-electron chi connectivity index (χ4n) is 3.73. The fraction of sp³-hybridized carbons (Fsp3) is 0.933. The fourth-order valence-corrected chi connectivity index (χ4v) is 3.73. The molecule has 3 saturated heterocycles. The Bertz CT molecular complexity index is 328. The van der Waals surface area contributed by atoms with Gasteiger partial charge in [0.05, 0.1) is 6.54 Å². The highest BCUT2D eigenvalue weighted by molar-refractivity contribution is 5.78. The van der Waals surface area contributed by atoms with Crippen molar-refractivity contribution in [3.8, 4) is 0 Å². The summed E-state index contributed by atoms with van der Waals surface area (Å²) < 4.78 is 0. The molecule has 3 aliphatic rings. The molecular weight excluding hydrogens is 252 g/mol. The number of piperidine rings is 1. The Labute approximate surface area is 122 Å². The maximum atomic E-state index is 12.5. The summed E-state index contributed by atoms with van der Waals surface area (Å²) in [6, 6.07) is 0.632. The van der Waals surface area contributed by atoms with E-state index in [1.165, 1.54) is 25.8 Å². The molecule has 0 aliphatic carbocycles. The standard InChI is InChI=1S/C15H28N4O/c20-15(13-17-7-3-5-16-6-9-17)19-11-10-18-8-2-1-4-14(18)12-19/h14,16H,1-13H2. The van der Waals surface area contributed by atoms with Crippen LogP contribution in [0.4, 0.5) is 0 Å². The van der Waals surface area contributed by atoms with Crippen LogP contribution >= 0.6 is 0 Å². The monoisotopic (exact) mass is 280 g/mol. The number of rotatable bonds is 2. The number of fused-ring (bicyclic) bond motifs is 1. The lowest BCUT2D eigenvalue weighted by Crippen LogP contribution is -2.57. The van der Waals surface area contributed by atoms with Gasteiger partial charge in [-0.25, -0.2) is 0 Å². The Morgan fingerprint density at radius 3 is 2.90 bits per heavy atom. The second-order valence-electron chi connectivity index (χ2n) is 6.41. The lowest BCUT2D eigenvalue weighted by Gasteiger charge is -2.44. The average Bonchev–Trinajstić information content (AvgIpc) is 2.75. The predicted molar refractivity (Wildman–Crippen MR) is 79.7 cm³/mol. The summed E-state index contributed by atoms with van der Waals surface area (Å²) in [7, 11) is 0. The van der Waals surface area contributed by atoms with Gasteiger partial charge in [0.2, 0.25) is 5.91 Å². The molecule has 1 amide bonds. The molecule has 1 unspecified atom stereocenters. The number of piperazine rings is 1. The van der Waals surface area contributed by atoms with Gasteiger partial charge in [-0.1, -0.05) is 6.42 Å². The zero-order valence-corrected chi connectivity index (χ0v) is 12.5. The van der Waals surface area contributed by atoms with Crippen molar-refractivity contribution in [2.24, 2.45) is 0 Å². The number of hydrogen-bond donors (Lipinski definition) is 1. The van der Waals surface area contributed by atoms with Gasteiger partial charge in [0, 0.05) is 38.8 Å². The zero-order valence-electron chi connectivity index (χ0n) is 12.5. The SMILES string of the molecule is O=C(CN1CCCNCC1)N1CCN2CCCCC2C1. The van der Waals surface area contributed by atoms with Crippen molar-refractivity contribution in [1.29, 1.82) is 0 Å². The van der Waals surface area contributed by atoms with E-state index in [-0.39, 0.29) is 0 Å². The first-order valence-corrected chi connectivity index (χ1v) is 8.28. The van der Waals surface area contributed by atoms with Crippen molar-refractivity contribution in [3.05, 3.63) is 0 Å². The number of nitrogens with zero attached hydrogens (tertiary/aromatic N) is 3. The van der Waals surface area contributed by atoms with Crippen LogP contribution in [0.15, 0.2) is 0 Å². The van der Waals surface area contributed by atoms with Crippen LogP contribution in [0.1, 0.15) is 25.7 Å². The highest BCUT2D eigenvalue weighted by atomic mass is 16.2. The molecular formula is C15H28N4O. The van der Waals surface area contributed by atoms with Crippen LogP contribution in [0.3, 0.4) is 0 Å². The van der Waals surface area contributed by atoms with Crippen LogP contribution in [0.5, 0.6) is 0 Å². The molecule has 0 aromatic carbocycles. The topological polar surface area (TPSA) is 38.8 Å². The van der Waals surface area contributed by atoms with Crippen LogP contribution in [-0.4, -0.2) is 85.6 Å². The lowest BCUT2D eigenvalue weighted by molar-refractivity contribution is -0.135. The molecule has 0 aromatic rings. The van der Waals surface area contributed by atoms with Crippen LogP contribution in [-0.2, 0) is 4.79 Å². The van der Waals surface area contributed by atoms with E-state index < -0.39 is 0 Å². The summed E-state index contributed by atoms with van der Waals surface area (Å²) in [6.45, 7) is 9.01. The highest BCUT2D eigenvalue weighted by Crippen LogP contribution is 2.21. The lowest BCUT2D eigenvalue weighted by atomic mass is 9.99. The Kier molecular flexibility index (Phi) is 4.91. The molecule has 5 heteroatoms. The molecule has 5 nitrogen and oxygen atoms in total. The van der Waals surface area contributed by atoms with E-state index in [0.29, 0.717) is 18.5 Å². The number of hydrogen-bond acceptors (Lipinski definition) is 4. The third-order valence-electron chi connectivity index (χ3n) is 4.98. The Hall–Kier alpha value is -0.650. The van der Waals surface area contributed by atoms with Crippen molar-refractivity contribution in [2.75, 3.05) is 58.9 Å². The summed E-state index contributed by atoms with van der Waals surface area (Å²) in [6.07, 6.45) is 5.10. The third-order valence-corrected chi connectivity index (χ3v) is 4.98. The van der Waals surface area contributed by atoms with E-state index in [1.54, 1.807) is 0 Å². The van der Waals surface area contributed by atoms with Gasteiger partial charge in [-0.05, 0) is 38.9 Å². The van der Waals surface area contributed by atoms with Gasteiger partial charge < -0.3 is 10.2 Å². The molecule has 0 spiro atoms. The number of carbonyl (C=O) groups excluding carboxylic acids is 1. The van der Waals surface area contributed by atoms with Gasteiger partial charge in [0.15, 0.2) is 0 Å². The smallest absolute Gasteiger partial charge is 0.236 e. The third kappa shape index (κ3) is 3.51. The van der Waals surface area contributed by atoms with Crippen molar-refractivity contribution < 1.29 is 4.79 Å². The molecule has 3 aliphatic heterocycles. The minimum Gasteiger partial charge on any atom is -0.339 e. The van der Waals surface area contributed by atoms with E-state index in [1.807, 2.05) is 0 Å². The largest absolute Gasteiger partial charge is 0.339 e. The molecule has 0 aromatic heterocycles. The minimum atomic E-state index is 0.345. The van der Waals surface area contributed by atoms with Crippen LogP contribution < -0.4 is 5.32 Å². The van der Waals surface area contributed by atoms with E-state index in [2.05, 4.69) is 20.0 Å². The number of amides is 1. The van der Waals surface area contributed by atoms with E-state index in [9.17, 15) is 4.79 Å². The summed E-state index contributed by atoms with van der Waals surface area (Å²) >= 11 is 0. The van der Waals surface area contributed by atoms with Crippen LogP contribution in [0.2, 0.25) is 0 Å². The van der Waals surface area contributed by atoms with Gasteiger partial charge in [-0.3, -0.25) is 14.6 Å². The van der Waals surface area contributed by atoms with Gasteiger partial charge in [0.25, 0.3) is 0 Å². The quantitative estimate of drug-likeness (QED) is 0.771. The van der Waals surface area contributed by atoms with Crippen molar-refractivity contribution in [3.63, 3.8) is 0 Å². The first-order valence-electron chi connectivity index (χ1n) is 8.28. The Morgan fingerprint density at radius 1 is 1.00 bits per heavy atom. The molecule has 114 valence electrons. The van der Waals surface area contributed by atoms with Gasteiger partial charge >= 0.3 is 0 Å². The highest BCUT2D eigenvalue weighted by Gasteiger charge is 2.31. The van der Waals surface area contributed by atoms with Crippen LogP contribution in [0, 0.1) is 0 Å². The maximum absolute atomic E-state index is 12.5.